The molecule has 92 valence electrons. The van der Waals surface area contributed by atoms with Crippen molar-refractivity contribution in [2.45, 2.75) is 27.2 Å². The fourth-order valence-corrected chi connectivity index (χ4v) is 1.91. The second kappa shape index (κ2) is 4.31. The summed E-state index contributed by atoms with van der Waals surface area (Å²) < 4.78 is 0. The van der Waals surface area contributed by atoms with Crippen LogP contribution in [0.15, 0.2) is 0 Å². The molecule has 0 aromatic carbocycles. The van der Waals surface area contributed by atoms with Crippen LogP contribution in [0.3, 0.4) is 0 Å². The van der Waals surface area contributed by atoms with Crippen molar-refractivity contribution in [3.63, 3.8) is 0 Å². The number of anilines is 1. The van der Waals surface area contributed by atoms with Crippen LogP contribution in [0.1, 0.15) is 35.0 Å². The monoisotopic (exact) mass is 235 g/mol. The van der Waals surface area contributed by atoms with E-state index in [0.717, 1.165) is 12.5 Å². The van der Waals surface area contributed by atoms with Crippen LogP contribution >= 0.6 is 0 Å². The van der Waals surface area contributed by atoms with Gasteiger partial charge in [0, 0.05) is 6.54 Å². The van der Waals surface area contributed by atoms with Crippen molar-refractivity contribution in [2.75, 3.05) is 11.9 Å². The van der Waals surface area contributed by atoms with E-state index >= 15 is 0 Å². The van der Waals surface area contributed by atoms with Gasteiger partial charge in [-0.1, -0.05) is 6.92 Å². The summed E-state index contributed by atoms with van der Waals surface area (Å²) in [6.45, 7) is 6.50. The maximum atomic E-state index is 11.2. The van der Waals surface area contributed by atoms with Crippen LogP contribution in [0, 0.1) is 25.7 Å². The molecule has 0 spiro atoms. The van der Waals surface area contributed by atoms with E-state index in [1.807, 2.05) is 0 Å². The molecule has 5 nitrogen and oxygen atoms in total. The SMILES string of the molecule is Cc1nnc(NCC2CC2C)c(C(=O)O)c1C. The predicted molar refractivity (Wildman–Crippen MR) is 64.2 cm³/mol. The minimum absolute atomic E-state index is 0.241. The minimum Gasteiger partial charge on any atom is -0.478 e. The lowest BCUT2D eigenvalue weighted by Gasteiger charge is -2.10. The van der Waals surface area contributed by atoms with E-state index < -0.39 is 5.97 Å². The summed E-state index contributed by atoms with van der Waals surface area (Å²) in [5.74, 6) is 0.807. The molecule has 0 bridgehead atoms. The number of nitrogens with zero attached hydrogens (tertiary/aromatic N) is 2. The van der Waals surface area contributed by atoms with Crippen LogP contribution in [-0.2, 0) is 0 Å². The van der Waals surface area contributed by atoms with Crippen LogP contribution in [0.2, 0.25) is 0 Å². The summed E-state index contributed by atoms with van der Waals surface area (Å²) in [6.07, 6.45) is 1.20. The summed E-state index contributed by atoms with van der Waals surface area (Å²) in [4.78, 5) is 11.2. The molecule has 1 heterocycles. The highest BCUT2D eigenvalue weighted by atomic mass is 16.4. The lowest BCUT2D eigenvalue weighted by atomic mass is 10.1. The van der Waals surface area contributed by atoms with Gasteiger partial charge in [0.2, 0.25) is 0 Å². The first-order valence-electron chi connectivity index (χ1n) is 5.81. The van der Waals surface area contributed by atoms with Crippen molar-refractivity contribution in [2.24, 2.45) is 11.8 Å². The Morgan fingerprint density at radius 1 is 1.47 bits per heavy atom. The molecule has 2 unspecified atom stereocenters. The lowest BCUT2D eigenvalue weighted by molar-refractivity contribution is 0.0696. The number of aryl methyl sites for hydroxylation is 1. The molecule has 1 saturated carbocycles. The molecule has 0 saturated heterocycles. The first-order valence-corrected chi connectivity index (χ1v) is 5.81. The van der Waals surface area contributed by atoms with Crippen molar-refractivity contribution >= 4 is 11.8 Å². The highest BCUT2D eigenvalue weighted by Gasteiger charge is 2.32. The van der Waals surface area contributed by atoms with E-state index in [1.165, 1.54) is 6.42 Å². The molecule has 1 aromatic rings. The first-order chi connectivity index (χ1) is 8.00. The Morgan fingerprint density at radius 2 is 2.12 bits per heavy atom. The number of aromatic nitrogens is 2. The lowest BCUT2D eigenvalue weighted by Crippen LogP contribution is -2.14. The zero-order valence-corrected chi connectivity index (χ0v) is 10.3. The fourth-order valence-electron chi connectivity index (χ4n) is 1.91. The number of nitrogens with one attached hydrogen (secondary N) is 1. The van der Waals surface area contributed by atoms with Gasteiger partial charge < -0.3 is 10.4 Å². The number of carboxylic acid groups (broad SMARTS) is 1. The molecular formula is C12H17N3O2. The molecule has 2 atom stereocenters. The van der Waals surface area contributed by atoms with Crippen LogP contribution < -0.4 is 5.32 Å². The Bertz CT molecular complexity index is 459. The van der Waals surface area contributed by atoms with Gasteiger partial charge in [-0.2, -0.15) is 5.10 Å². The predicted octanol–water partition coefficient (Wildman–Crippen LogP) is 1.86. The molecule has 1 aliphatic rings. The van der Waals surface area contributed by atoms with Gasteiger partial charge in [-0.3, -0.25) is 0 Å². The largest absolute Gasteiger partial charge is 0.478 e. The summed E-state index contributed by atoms with van der Waals surface area (Å²) in [5.41, 5.74) is 1.58. The first kappa shape index (κ1) is 11.8. The summed E-state index contributed by atoms with van der Waals surface area (Å²) >= 11 is 0. The molecule has 17 heavy (non-hydrogen) atoms. The maximum Gasteiger partial charge on any atom is 0.339 e. The highest BCUT2D eigenvalue weighted by Crippen LogP contribution is 2.37. The van der Waals surface area contributed by atoms with Gasteiger partial charge in [-0.15, -0.1) is 5.10 Å². The smallest absolute Gasteiger partial charge is 0.339 e. The van der Waals surface area contributed by atoms with E-state index in [2.05, 4.69) is 22.4 Å². The van der Waals surface area contributed by atoms with Crippen molar-refractivity contribution in [1.29, 1.82) is 0 Å². The molecule has 1 aromatic heterocycles. The van der Waals surface area contributed by atoms with E-state index in [4.69, 9.17) is 0 Å². The van der Waals surface area contributed by atoms with Crippen LogP contribution in [0.25, 0.3) is 0 Å². The van der Waals surface area contributed by atoms with Crippen molar-refractivity contribution in [3.05, 3.63) is 16.8 Å². The molecule has 1 aliphatic carbocycles. The third kappa shape index (κ3) is 2.38. The van der Waals surface area contributed by atoms with Crippen molar-refractivity contribution in [3.8, 4) is 0 Å². The Kier molecular flexibility index (Phi) is 3.00. The second-order valence-corrected chi connectivity index (χ2v) is 4.79. The van der Waals surface area contributed by atoms with Gasteiger partial charge in [-0.25, -0.2) is 4.79 Å². The molecule has 0 amide bonds. The Labute approximate surface area is 100 Å². The van der Waals surface area contributed by atoms with Gasteiger partial charge in [0.1, 0.15) is 5.56 Å². The molecule has 1 fully saturated rings. The van der Waals surface area contributed by atoms with E-state index in [1.54, 1.807) is 13.8 Å². The van der Waals surface area contributed by atoms with E-state index in [0.29, 0.717) is 23.0 Å². The number of hydrogen-bond donors (Lipinski definition) is 2. The number of aromatic carboxylic acids is 1. The highest BCUT2D eigenvalue weighted by molar-refractivity contribution is 5.94. The Balaban J connectivity index is 2.20. The number of rotatable bonds is 4. The molecule has 5 heteroatoms. The van der Waals surface area contributed by atoms with Crippen LogP contribution in [0.4, 0.5) is 5.82 Å². The van der Waals surface area contributed by atoms with Crippen molar-refractivity contribution < 1.29 is 9.90 Å². The molecule has 0 radical (unpaired) electrons. The van der Waals surface area contributed by atoms with Gasteiger partial charge >= 0.3 is 5.97 Å². The third-order valence-electron chi connectivity index (χ3n) is 3.48. The zero-order chi connectivity index (χ0) is 12.6. The normalized spacial score (nSPS) is 22.3. The average Bonchev–Trinajstić information content (AvgIpc) is 2.96. The zero-order valence-electron chi connectivity index (χ0n) is 10.3. The average molecular weight is 235 g/mol. The van der Waals surface area contributed by atoms with Crippen LogP contribution in [-0.4, -0.2) is 27.8 Å². The Hall–Kier alpha value is -1.65. The minimum atomic E-state index is -0.952. The molecular weight excluding hydrogens is 218 g/mol. The maximum absolute atomic E-state index is 11.2. The summed E-state index contributed by atoms with van der Waals surface area (Å²) in [6, 6.07) is 0. The third-order valence-corrected chi connectivity index (χ3v) is 3.48. The van der Waals surface area contributed by atoms with Crippen molar-refractivity contribution in [1.82, 2.24) is 10.2 Å². The number of hydrogen-bond acceptors (Lipinski definition) is 4. The number of carbonyl (C=O) groups is 1. The van der Waals surface area contributed by atoms with Crippen LogP contribution in [0.5, 0.6) is 0 Å². The van der Waals surface area contributed by atoms with Gasteiger partial charge in [0.05, 0.1) is 5.69 Å². The molecule has 2 rings (SSSR count). The van der Waals surface area contributed by atoms with Gasteiger partial charge in [-0.05, 0) is 37.7 Å². The fraction of sp³-hybridized carbons (Fsp3) is 0.583. The van der Waals surface area contributed by atoms with E-state index in [-0.39, 0.29) is 5.56 Å². The van der Waals surface area contributed by atoms with Gasteiger partial charge in [0.25, 0.3) is 0 Å². The standard InChI is InChI=1S/C12H17N3O2/c1-6-4-9(6)5-13-11-10(12(16)17)7(2)8(3)14-15-11/h6,9H,4-5H2,1-3H3,(H,13,15)(H,16,17). The van der Waals surface area contributed by atoms with Gasteiger partial charge in [0.15, 0.2) is 5.82 Å². The second-order valence-electron chi connectivity index (χ2n) is 4.79. The number of carboxylic acids is 1. The molecule has 2 N–H and O–H groups in total. The Morgan fingerprint density at radius 3 is 2.65 bits per heavy atom. The molecule has 0 aliphatic heterocycles. The topological polar surface area (TPSA) is 75.1 Å². The summed E-state index contributed by atoms with van der Waals surface area (Å²) in [7, 11) is 0. The quantitative estimate of drug-likeness (QED) is 0.833. The van der Waals surface area contributed by atoms with E-state index in [9.17, 15) is 9.90 Å². The summed E-state index contributed by atoms with van der Waals surface area (Å²) in [5, 5.41) is 20.2.